The highest BCUT2D eigenvalue weighted by molar-refractivity contribution is 8.19. The van der Waals surface area contributed by atoms with Gasteiger partial charge in [-0.25, -0.2) is 0 Å². The summed E-state index contributed by atoms with van der Waals surface area (Å²) in [6.45, 7) is 5.11. The second kappa shape index (κ2) is 9.36. The van der Waals surface area contributed by atoms with Gasteiger partial charge in [-0.2, -0.15) is 0 Å². The van der Waals surface area contributed by atoms with Crippen molar-refractivity contribution in [3.05, 3.63) is 70.1 Å². The molecule has 2 aliphatic heterocycles. The van der Waals surface area contributed by atoms with Crippen LogP contribution in [0.5, 0.6) is 0 Å². The molecule has 1 saturated heterocycles. The minimum Gasteiger partial charge on any atom is -0.334 e. The van der Waals surface area contributed by atoms with Gasteiger partial charge in [-0.3, -0.25) is 14.7 Å². The van der Waals surface area contributed by atoms with Crippen molar-refractivity contribution >= 4 is 40.3 Å². The van der Waals surface area contributed by atoms with Crippen LogP contribution in [0.3, 0.4) is 0 Å². The number of thioether (sulfide) groups is 2. The Labute approximate surface area is 199 Å². The van der Waals surface area contributed by atoms with E-state index < -0.39 is 0 Å². The number of nitrogens with zero attached hydrogens (tertiary/aromatic N) is 3. The van der Waals surface area contributed by atoms with E-state index >= 15 is 0 Å². The lowest BCUT2D eigenvalue weighted by molar-refractivity contribution is -0.124. The summed E-state index contributed by atoms with van der Waals surface area (Å²) in [6.07, 6.45) is 5.78. The van der Waals surface area contributed by atoms with Crippen LogP contribution < -0.4 is 4.90 Å². The normalized spacial score (nSPS) is 23.8. The molecule has 1 aliphatic carbocycles. The van der Waals surface area contributed by atoms with Gasteiger partial charge in [0.25, 0.3) is 5.91 Å². The van der Waals surface area contributed by atoms with Crippen molar-refractivity contribution in [3.63, 3.8) is 0 Å². The minimum atomic E-state index is 0.0117. The maximum atomic E-state index is 13.9. The zero-order valence-electron chi connectivity index (χ0n) is 18.7. The molecule has 2 heterocycles. The van der Waals surface area contributed by atoms with Gasteiger partial charge in [0.15, 0.2) is 5.17 Å². The van der Waals surface area contributed by atoms with Crippen molar-refractivity contribution in [1.29, 1.82) is 0 Å². The van der Waals surface area contributed by atoms with E-state index in [-0.39, 0.29) is 18.0 Å². The molecule has 1 atom stereocenters. The molecule has 1 saturated carbocycles. The summed E-state index contributed by atoms with van der Waals surface area (Å²) in [7, 11) is 0. The molecule has 0 radical (unpaired) electrons. The zero-order valence-corrected chi connectivity index (χ0v) is 20.3. The van der Waals surface area contributed by atoms with Crippen LogP contribution in [-0.2, 0) is 4.79 Å². The third-order valence-electron chi connectivity index (χ3n) is 6.46. The summed E-state index contributed by atoms with van der Waals surface area (Å²) in [5.41, 5.74) is 2.37. The molecule has 6 heteroatoms. The van der Waals surface area contributed by atoms with E-state index in [1.165, 1.54) is 35.4 Å². The van der Waals surface area contributed by atoms with Crippen LogP contribution in [-0.4, -0.2) is 28.6 Å². The summed E-state index contributed by atoms with van der Waals surface area (Å²) >= 11 is 3.29. The van der Waals surface area contributed by atoms with Crippen LogP contribution in [0.1, 0.15) is 57.6 Å². The second-order valence-electron chi connectivity index (χ2n) is 8.52. The topological polar surface area (TPSA) is 35.9 Å². The Morgan fingerprint density at radius 1 is 1.00 bits per heavy atom. The molecule has 0 bridgehead atoms. The molecule has 3 aliphatic rings. The summed E-state index contributed by atoms with van der Waals surface area (Å²) in [5.74, 6) is 0.134. The molecule has 4 nitrogen and oxygen atoms in total. The van der Waals surface area contributed by atoms with E-state index in [0.717, 1.165) is 34.5 Å². The van der Waals surface area contributed by atoms with Gasteiger partial charge in [0, 0.05) is 17.5 Å². The number of amides is 1. The van der Waals surface area contributed by atoms with Crippen LogP contribution in [0.15, 0.2) is 74.4 Å². The largest absolute Gasteiger partial charge is 0.334 e. The van der Waals surface area contributed by atoms with Gasteiger partial charge >= 0.3 is 0 Å². The van der Waals surface area contributed by atoms with Crippen molar-refractivity contribution in [2.75, 3.05) is 11.4 Å². The molecule has 2 fully saturated rings. The number of amidine groups is 1. The number of para-hydroxylation sites is 1. The first-order valence-electron chi connectivity index (χ1n) is 11.6. The van der Waals surface area contributed by atoms with Crippen molar-refractivity contribution in [2.24, 2.45) is 4.99 Å². The number of carbonyl (C=O) groups excluding carboxylic acids is 1. The Hall–Kier alpha value is -2.18. The lowest BCUT2D eigenvalue weighted by atomic mass is 9.94. The lowest BCUT2D eigenvalue weighted by Gasteiger charge is -2.30. The van der Waals surface area contributed by atoms with Crippen LogP contribution in [0, 0.1) is 0 Å². The minimum absolute atomic E-state index is 0.0117. The molecule has 2 aromatic rings. The average Bonchev–Trinajstić information content (AvgIpc) is 3.37. The Kier molecular flexibility index (Phi) is 6.33. The van der Waals surface area contributed by atoms with E-state index in [2.05, 4.69) is 67.3 Å². The number of aliphatic imine (C=N–C) groups is 1. The van der Waals surface area contributed by atoms with Gasteiger partial charge in [-0.05, 0) is 56.1 Å². The summed E-state index contributed by atoms with van der Waals surface area (Å²) in [6, 6.07) is 19.1. The Bertz CT molecular complexity index is 1060. The van der Waals surface area contributed by atoms with Crippen molar-refractivity contribution in [3.8, 4) is 0 Å². The zero-order chi connectivity index (χ0) is 22.1. The Morgan fingerprint density at radius 2 is 1.72 bits per heavy atom. The maximum absolute atomic E-state index is 13.9. The third-order valence-corrected chi connectivity index (χ3v) is 8.83. The summed E-state index contributed by atoms with van der Waals surface area (Å²) < 4.78 is 0. The van der Waals surface area contributed by atoms with Crippen molar-refractivity contribution < 1.29 is 4.79 Å². The Morgan fingerprint density at radius 3 is 2.47 bits per heavy atom. The molecule has 1 amide bonds. The summed E-state index contributed by atoms with van der Waals surface area (Å²) in [5, 5.41) is 1.93. The van der Waals surface area contributed by atoms with E-state index in [1.54, 1.807) is 23.5 Å². The highest BCUT2D eigenvalue weighted by Crippen LogP contribution is 2.51. The first kappa shape index (κ1) is 21.7. The molecular formula is C26H29N3OS2. The number of benzene rings is 2. The predicted molar refractivity (Wildman–Crippen MR) is 136 cm³/mol. The number of rotatable bonds is 4. The molecule has 0 aromatic heterocycles. The van der Waals surface area contributed by atoms with Crippen molar-refractivity contribution in [1.82, 2.24) is 4.90 Å². The van der Waals surface area contributed by atoms with Crippen LogP contribution in [0.2, 0.25) is 0 Å². The molecule has 166 valence electrons. The quantitative estimate of drug-likeness (QED) is 0.467. The average molecular weight is 464 g/mol. The smallest absolute Gasteiger partial charge is 0.269 e. The number of hydrogen-bond donors (Lipinski definition) is 0. The number of fused-ring (bicyclic) bond motifs is 1. The molecule has 32 heavy (non-hydrogen) atoms. The standard InChI is InChI=1S/C26H29N3OS2/c1-3-28-21-16-10-11-17-22(21)31-25(28)23-24(30)29(20-14-8-5-9-15-20)26(32-23)27-18(2)19-12-6-4-7-13-19/h4,6-7,10-13,16-18,20H,3,5,8-9,14-15H2,1-2H3/b25-23-,27-26?/t18-/m0/s1. The molecular weight excluding hydrogens is 434 g/mol. The summed E-state index contributed by atoms with van der Waals surface area (Å²) in [4.78, 5) is 25.3. The van der Waals surface area contributed by atoms with Gasteiger partial charge in [0.2, 0.25) is 0 Å². The second-order valence-corrected chi connectivity index (χ2v) is 10.5. The first-order chi connectivity index (χ1) is 15.7. The highest BCUT2D eigenvalue weighted by atomic mass is 32.2. The first-order valence-corrected chi connectivity index (χ1v) is 13.2. The molecule has 5 rings (SSSR count). The van der Waals surface area contributed by atoms with E-state index in [9.17, 15) is 4.79 Å². The van der Waals surface area contributed by atoms with Gasteiger partial charge < -0.3 is 4.90 Å². The molecule has 0 N–H and O–H groups in total. The van der Waals surface area contributed by atoms with Gasteiger partial charge in [-0.15, -0.1) is 0 Å². The van der Waals surface area contributed by atoms with E-state index in [1.807, 2.05) is 11.0 Å². The van der Waals surface area contributed by atoms with Crippen LogP contribution >= 0.6 is 23.5 Å². The van der Waals surface area contributed by atoms with Gasteiger partial charge in [0.05, 0.1) is 11.7 Å². The third kappa shape index (κ3) is 3.99. The number of carbonyl (C=O) groups is 1. The van der Waals surface area contributed by atoms with Gasteiger partial charge in [0.1, 0.15) is 9.93 Å². The number of anilines is 1. The van der Waals surface area contributed by atoms with Crippen LogP contribution in [0.25, 0.3) is 0 Å². The Balaban J connectivity index is 1.54. The van der Waals surface area contributed by atoms with E-state index in [4.69, 9.17) is 4.99 Å². The maximum Gasteiger partial charge on any atom is 0.269 e. The molecule has 0 spiro atoms. The number of hydrogen-bond acceptors (Lipinski definition) is 5. The van der Waals surface area contributed by atoms with Crippen LogP contribution in [0.4, 0.5) is 5.69 Å². The van der Waals surface area contributed by atoms with Crippen molar-refractivity contribution in [2.45, 2.75) is 62.9 Å². The highest BCUT2D eigenvalue weighted by Gasteiger charge is 2.43. The SMILES string of the molecule is CCN1/C(=C2/SC(=N[C@@H](C)c3ccccc3)N(C3CCCCC3)C2=O)Sc2ccccc21. The predicted octanol–water partition coefficient (Wildman–Crippen LogP) is 6.81. The monoisotopic (exact) mass is 463 g/mol. The van der Waals surface area contributed by atoms with Gasteiger partial charge in [-0.1, -0.05) is 73.5 Å². The molecule has 2 aromatic carbocycles. The molecule has 0 unspecified atom stereocenters. The fourth-order valence-electron chi connectivity index (χ4n) is 4.76. The lowest BCUT2D eigenvalue weighted by Crippen LogP contribution is -2.41. The van der Waals surface area contributed by atoms with E-state index in [0.29, 0.717) is 0 Å². The fourth-order valence-corrected chi connectivity index (χ4v) is 7.27. The fraction of sp³-hybridized carbons (Fsp3) is 0.385.